The fraction of sp³-hybridized carbons (Fsp3) is 0.341. The van der Waals surface area contributed by atoms with Crippen LogP contribution in [0.25, 0.3) is 16.8 Å². The van der Waals surface area contributed by atoms with Crippen molar-refractivity contribution in [2.75, 3.05) is 12.3 Å². The number of carbonyl (C=O) groups is 2. The van der Waals surface area contributed by atoms with Crippen LogP contribution in [0.5, 0.6) is 0 Å². The molecule has 1 saturated heterocycles. The third-order valence-electron chi connectivity index (χ3n) is 9.31. The van der Waals surface area contributed by atoms with Gasteiger partial charge in [-0.25, -0.2) is 0 Å². The molecule has 0 unspecified atom stereocenters. The molecule has 4 aromatic carbocycles. The van der Waals surface area contributed by atoms with Crippen molar-refractivity contribution in [3.63, 3.8) is 0 Å². The Bertz CT molecular complexity index is 1940. The predicted molar refractivity (Wildman–Crippen MR) is 204 cm³/mol. The number of aliphatic hydroxyl groups is 1. The predicted octanol–water partition coefficient (Wildman–Crippen LogP) is 6.72. The van der Waals surface area contributed by atoms with Gasteiger partial charge in [-0.2, -0.15) is 4.68 Å². The smallest absolute Gasteiger partial charge is 0.220 e. The van der Waals surface area contributed by atoms with Crippen LogP contribution in [0.1, 0.15) is 74.2 Å². The zero-order valence-corrected chi connectivity index (χ0v) is 30.9. The van der Waals surface area contributed by atoms with Crippen molar-refractivity contribution in [2.24, 2.45) is 5.92 Å². The molecule has 11 nitrogen and oxygen atoms in total. The van der Waals surface area contributed by atoms with Gasteiger partial charge in [0.25, 0.3) is 0 Å². The summed E-state index contributed by atoms with van der Waals surface area (Å²) in [5.41, 5.74) is 6.68. The number of nitrogens with one attached hydrogen (secondary N) is 2. The van der Waals surface area contributed by atoms with Crippen molar-refractivity contribution in [1.82, 2.24) is 30.8 Å². The number of benzene rings is 4. The van der Waals surface area contributed by atoms with E-state index < -0.39 is 6.29 Å². The lowest BCUT2D eigenvalue weighted by molar-refractivity contribution is -0.268. The summed E-state index contributed by atoms with van der Waals surface area (Å²) in [6.07, 6.45) is 1.89. The van der Waals surface area contributed by atoms with E-state index in [-0.39, 0.29) is 36.5 Å². The van der Waals surface area contributed by atoms with Crippen molar-refractivity contribution >= 4 is 23.6 Å². The lowest BCUT2D eigenvalue weighted by Gasteiger charge is -2.41. The van der Waals surface area contributed by atoms with Gasteiger partial charge in [0.1, 0.15) is 0 Å². The average Bonchev–Trinajstić information content (AvgIpc) is 3.67. The van der Waals surface area contributed by atoms with E-state index in [1.54, 1.807) is 16.4 Å². The fourth-order valence-corrected chi connectivity index (χ4v) is 7.39. The molecule has 2 amide bonds. The summed E-state index contributed by atoms with van der Waals surface area (Å²) in [5.74, 6) is 0.585. The minimum atomic E-state index is -0.634. The Morgan fingerprint density at radius 2 is 1.60 bits per heavy atom. The van der Waals surface area contributed by atoms with Gasteiger partial charge in [0.15, 0.2) is 6.29 Å². The number of hydrogen-bond acceptors (Lipinski definition) is 9. The van der Waals surface area contributed by atoms with Crippen LogP contribution in [-0.4, -0.2) is 55.5 Å². The monoisotopic (exact) mass is 734 g/mol. The van der Waals surface area contributed by atoms with Crippen LogP contribution < -0.4 is 10.6 Å². The third-order valence-corrected chi connectivity index (χ3v) is 10.3. The lowest BCUT2D eigenvalue weighted by Crippen LogP contribution is -2.38. The fourth-order valence-electron chi connectivity index (χ4n) is 6.33. The molecule has 1 aliphatic rings. The SMILES string of the molecule is CC(=O)NCCCCCC(=O)NCc1cccc(-c2cccc([C@H]3O[C@@H](CSc4nnnn4-c4ccccc4)[C@@H](C)[C@@H](c4ccc(CO)cc4)O3)c2)c1. The second-order valence-electron chi connectivity index (χ2n) is 13.2. The number of ether oxygens (including phenoxy) is 2. The number of aliphatic hydroxyl groups excluding tert-OH is 1. The van der Waals surface area contributed by atoms with E-state index in [2.05, 4.69) is 57.3 Å². The Morgan fingerprint density at radius 1 is 0.830 bits per heavy atom. The number of tetrazole rings is 1. The molecule has 6 rings (SSSR count). The van der Waals surface area contributed by atoms with Crippen LogP contribution in [-0.2, 0) is 32.2 Å². The van der Waals surface area contributed by atoms with E-state index in [0.29, 0.717) is 30.4 Å². The van der Waals surface area contributed by atoms with Gasteiger partial charge in [-0.15, -0.1) is 5.10 Å². The van der Waals surface area contributed by atoms with Crippen LogP contribution in [0.4, 0.5) is 0 Å². The molecule has 53 heavy (non-hydrogen) atoms. The van der Waals surface area contributed by atoms with Gasteiger partial charge in [-0.1, -0.05) is 104 Å². The standard InChI is InChI=1S/C41H46N6O5S/c1-28-37(27-53-41-44-45-46-47(41)36-15-5-3-6-16-36)51-40(52-39(28)32-20-18-30(26-48)19-21-32)35-14-10-13-34(24-35)33-12-9-11-31(23-33)25-43-38(50)17-7-4-8-22-42-29(2)49/h3,5-6,9-16,18-21,23-24,28,37,39-40,48H,4,7-8,17,22,25-27H2,1-2H3,(H,42,49)(H,43,50)/t28-,37+,39+,40+/m1/s1. The number of carbonyl (C=O) groups excluding carboxylic acids is 2. The minimum absolute atomic E-state index is 0.00130. The molecule has 0 bridgehead atoms. The zero-order chi connectivity index (χ0) is 37.0. The summed E-state index contributed by atoms with van der Waals surface area (Å²) in [6, 6.07) is 34.1. The van der Waals surface area contributed by atoms with Crippen LogP contribution in [0.2, 0.25) is 0 Å². The van der Waals surface area contributed by atoms with Crippen LogP contribution in [0, 0.1) is 5.92 Å². The number of hydrogen-bond donors (Lipinski definition) is 3. The summed E-state index contributed by atoms with van der Waals surface area (Å²) >= 11 is 1.55. The molecule has 0 saturated carbocycles. The molecule has 276 valence electrons. The number of unbranched alkanes of at least 4 members (excludes halogenated alkanes) is 2. The van der Waals surface area contributed by atoms with Gasteiger partial charge in [0.05, 0.1) is 24.5 Å². The summed E-state index contributed by atoms with van der Waals surface area (Å²) in [6.45, 7) is 4.70. The maximum absolute atomic E-state index is 12.5. The van der Waals surface area contributed by atoms with Crippen LogP contribution in [0.15, 0.2) is 108 Å². The summed E-state index contributed by atoms with van der Waals surface area (Å²) < 4.78 is 15.2. The molecule has 1 aromatic heterocycles. The zero-order valence-electron chi connectivity index (χ0n) is 30.1. The molecule has 0 aliphatic carbocycles. The number of amides is 2. The lowest BCUT2D eigenvalue weighted by atomic mass is 9.91. The summed E-state index contributed by atoms with van der Waals surface area (Å²) in [7, 11) is 0. The topological polar surface area (TPSA) is 140 Å². The van der Waals surface area contributed by atoms with E-state index in [1.807, 2.05) is 78.9 Å². The first-order chi connectivity index (χ1) is 25.9. The van der Waals surface area contributed by atoms with E-state index in [1.165, 1.54) is 6.92 Å². The molecule has 1 fully saturated rings. The largest absolute Gasteiger partial charge is 0.392 e. The highest BCUT2D eigenvalue weighted by molar-refractivity contribution is 7.99. The van der Waals surface area contributed by atoms with Gasteiger partial charge in [0.2, 0.25) is 17.0 Å². The Hall–Kier alpha value is -4.88. The minimum Gasteiger partial charge on any atom is -0.392 e. The maximum atomic E-state index is 12.5. The van der Waals surface area contributed by atoms with E-state index in [9.17, 15) is 14.7 Å². The van der Waals surface area contributed by atoms with Gasteiger partial charge >= 0.3 is 0 Å². The number of rotatable bonds is 16. The molecular formula is C41H46N6O5S. The van der Waals surface area contributed by atoms with Crippen molar-refractivity contribution < 1.29 is 24.2 Å². The van der Waals surface area contributed by atoms with E-state index >= 15 is 0 Å². The van der Waals surface area contributed by atoms with Gasteiger partial charge < -0.3 is 25.2 Å². The highest BCUT2D eigenvalue weighted by Crippen LogP contribution is 2.43. The molecule has 1 aliphatic heterocycles. The summed E-state index contributed by atoms with van der Waals surface area (Å²) in [4.78, 5) is 23.5. The molecule has 0 spiro atoms. The highest BCUT2D eigenvalue weighted by atomic mass is 32.2. The number of thioether (sulfide) groups is 1. The van der Waals surface area contributed by atoms with Gasteiger partial charge in [-0.05, 0) is 75.4 Å². The molecular weight excluding hydrogens is 689 g/mol. The molecule has 2 heterocycles. The normalized spacial score (nSPS) is 18.4. The quantitative estimate of drug-likeness (QED) is 0.0745. The van der Waals surface area contributed by atoms with Crippen molar-refractivity contribution in [2.45, 2.75) is 76.3 Å². The first-order valence-electron chi connectivity index (χ1n) is 18.1. The molecule has 12 heteroatoms. The van der Waals surface area contributed by atoms with Crippen molar-refractivity contribution in [1.29, 1.82) is 0 Å². The Kier molecular flexibility index (Phi) is 13.4. The molecule has 0 radical (unpaired) electrons. The second kappa shape index (κ2) is 18.7. The van der Waals surface area contributed by atoms with Crippen molar-refractivity contribution in [3.05, 3.63) is 125 Å². The number of nitrogens with zero attached hydrogens (tertiary/aromatic N) is 4. The first kappa shape index (κ1) is 37.9. The highest BCUT2D eigenvalue weighted by Gasteiger charge is 2.38. The average molecular weight is 735 g/mol. The van der Waals surface area contributed by atoms with Crippen molar-refractivity contribution in [3.8, 4) is 16.8 Å². The first-order valence-corrected chi connectivity index (χ1v) is 19.0. The Balaban J connectivity index is 1.15. The maximum Gasteiger partial charge on any atom is 0.220 e. The Morgan fingerprint density at radius 3 is 2.38 bits per heavy atom. The van der Waals surface area contributed by atoms with Crippen LogP contribution in [0.3, 0.4) is 0 Å². The molecule has 3 N–H and O–H groups in total. The molecule has 5 aromatic rings. The molecule has 4 atom stereocenters. The van der Waals surface area contributed by atoms with Gasteiger partial charge in [0, 0.05) is 43.7 Å². The number of para-hydroxylation sites is 1. The van der Waals surface area contributed by atoms with Crippen LogP contribution >= 0.6 is 11.8 Å². The summed E-state index contributed by atoms with van der Waals surface area (Å²) in [5, 5.41) is 28.6. The van der Waals surface area contributed by atoms with E-state index in [4.69, 9.17) is 9.47 Å². The number of aromatic nitrogens is 4. The second-order valence-corrected chi connectivity index (χ2v) is 14.2. The van der Waals surface area contributed by atoms with Gasteiger partial charge in [-0.3, -0.25) is 9.59 Å². The Labute approximate surface area is 314 Å². The van der Waals surface area contributed by atoms with E-state index in [0.717, 1.165) is 58.3 Å². The third kappa shape index (κ3) is 10.4.